The Labute approximate surface area is 409 Å². The number of carbonyl (C=O) groups is 3. The molecule has 0 saturated carbocycles. The SMILES string of the molecule is CCCCCCC/C=C\C/C=C\C/C=C\CCCCCCCCC(=O)OCC(COC(=O)CCCCCCCCCCCC)OC(=O)CCCCCCCCC/C=C\CCCCCCCC. The van der Waals surface area contributed by atoms with E-state index < -0.39 is 6.10 Å². The van der Waals surface area contributed by atoms with Crippen LogP contribution >= 0.6 is 0 Å². The number of hydrogen-bond donors (Lipinski definition) is 0. The summed E-state index contributed by atoms with van der Waals surface area (Å²) in [5.41, 5.74) is 0. The van der Waals surface area contributed by atoms with E-state index >= 15 is 0 Å². The fraction of sp³-hybridized carbons (Fsp3) is 0.817. The zero-order chi connectivity index (χ0) is 47.9. The standard InChI is InChI=1S/C60H108O6/c1-4-7-10-13-16-19-22-24-26-28-29-30-31-33-34-36-38-41-44-47-50-53-59(62)65-56-57(55-64-58(61)52-49-46-43-40-21-18-15-12-9-6-3)66-60(63)54-51-48-45-42-39-37-35-32-27-25-23-20-17-14-11-8-5-2/h22,24-25,27-29,31,33,57H,4-21,23,26,30,32,34-56H2,1-3H3/b24-22-,27-25-,29-28-,33-31-. The van der Waals surface area contributed by atoms with Crippen LogP contribution in [-0.4, -0.2) is 37.2 Å². The molecule has 0 fully saturated rings. The molecule has 0 aliphatic heterocycles. The molecule has 0 aromatic rings. The highest BCUT2D eigenvalue weighted by atomic mass is 16.6. The molecule has 0 spiro atoms. The predicted octanol–water partition coefficient (Wildman–Crippen LogP) is 19.0. The van der Waals surface area contributed by atoms with E-state index in [1.165, 1.54) is 180 Å². The monoisotopic (exact) mass is 925 g/mol. The lowest BCUT2D eigenvalue weighted by Gasteiger charge is -2.18. The van der Waals surface area contributed by atoms with Gasteiger partial charge in [-0.15, -0.1) is 0 Å². The third-order valence-electron chi connectivity index (χ3n) is 12.6. The molecule has 66 heavy (non-hydrogen) atoms. The normalized spacial score (nSPS) is 12.3. The van der Waals surface area contributed by atoms with Gasteiger partial charge in [0.05, 0.1) is 0 Å². The molecule has 0 heterocycles. The Bertz CT molecular complexity index is 1150. The molecular formula is C60H108O6. The van der Waals surface area contributed by atoms with Crippen molar-refractivity contribution >= 4 is 17.9 Å². The second kappa shape index (κ2) is 55.0. The minimum Gasteiger partial charge on any atom is -0.462 e. The summed E-state index contributed by atoms with van der Waals surface area (Å²) >= 11 is 0. The molecule has 0 amide bonds. The molecule has 0 radical (unpaired) electrons. The Kier molecular flexibility index (Phi) is 52.8. The number of unbranched alkanes of at least 4 members (excludes halogenated alkanes) is 33. The lowest BCUT2D eigenvalue weighted by Crippen LogP contribution is -2.30. The Balaban J connectivity index is 4.32. The summed E-state index contributed by atoms with van der Waals surface area (Å²) in [7, 11) is 0. The molecule has 6 heteroatoms. The van der Waals surface area contributed by atoms with Crippen LogP contribution in [-0.2, 0) is 28.6 Å². The fourth-order valence-corrected chi connectivity index (χ4v) is 8.21. The van der Waals surface area contributed by atoms with Crippen LogP contribution in [0, 0.1) is 0 Å². The summed E-state index contributed by atoms with van der Waals surface area (Å²) in [6.45, 7) is 6.62. The number of carbonyl (C=O) groups excluding carboxylic acids is 3. The Hall–Kier alpha value is -2.63. The van der Waals surface area contributed by atoms with Gasteiger partial charge < -0.3 is 14.2 Å². The quantitative estimate of drug-likeness (QED) is 0.0262. The van der Waals surface area contributed by atoms with E-state index in [-0.39, 0.29) is 31.1 Å². The van der Waals surface area contributed by atoms with Crippen molar-refractivity contribution in [2.24, 2.45) is 0 Å². The molecule has 1 unspecified atom stereocenters. The molecule has 0 aliphatic rings. The molecule has 0 bridgehead atoms. The molecule has 0 aliphatic carbocycles. The van der Waals surface area contributed by atoms with Gasteiger partial charge in [-0.3, -0.25) is 14.4 Å². The lowest BCUT2D eigenvalue weighted by molar-refractivity contribution is -0.167. The molecule has 0 N–H and O–H groups in total. The van der Waals surface area contributed by atoms with Gasteiger partial charge in [0.2, 0.25) is 0 Å². The first-order valence-corrected chi connectivity index (χ1v) is 28.6. The average Bonchev–Trinajstić information content (AvgIpc) is 3.31. The van der Waals surface area contributed by atoms with Gasteiger partial charge in [-0.2, -0.15) is 0 Å². The van der Waals surface area contributed by atoms with Gasteiger partial charge in [-0.05, 0) is 83.5 Å². The summed E-state index contributed by atoms with van der Waals surface area (Å²) in [6.07, 6.45) is 66.7. The maximum absolute atomic E-state index is 12.8. The number of allylic oxidation sites excluding steroid dienone is 8. The summed E-state index contributed by atoms with van der Waals surface area (Å²) in [5.74, 6) is -0.884. The maximum Gasteiger partial charge on any atom is 0.306 e. The van der Waals surface area contributed by atoms with E-state index in [0.717, 1.165) is 77.0 Å². The second-order valence-corrected chi connectivity index (χ2v) is 19.2. The lowest BCUT2D eigenvalue weighted by atomic mass is 10.1. The van der Waals surface area contributed by atoms with Gasteiger partial charge in [-0.1, -0.05) is 243 Å². The molecule has 384 valence electrons. The molecular weight excluding hydrogens is 817 g/mol. The topological polar surface area (TPSA) is 78.9 Å². The summed E-state index contributed by atoms with van der Waals surface area (Å²) in [4.78, 5) is 38.1. The smallest absolute Gasteiger partial charge is 0.306 e. The van der Waals surface area contributed by atoms with Crippen LogP contribution in [0.25, 0.3) is 0 Å². The number of hydrogen-bond acceptors (Lipinski definition) is 6. The Morgan fingerprint density at radius 2 is 0.545 bits per heavy atom. The number of esters is 3. The summed E-state index contributed by atoms with van der Waals surface area (Å²) in [5, 5.41) is 0. The number of rotatable bonds is 52. The molecule has 1 atom stereocenters. The minimum absolute atomic E-state index is 0.0767. The van der Waals surface area contributed by atoms with Crippen molar-refractivity contribution in [1.29, 1.82) is 0 Å². The van der Waals surface area contributed by atoms with Crippen molar-refractivity contribution in [3.63, 3.8) is 0 Å². The van der Waals surface area contributed by atoms with Crippen LogP contribution in [0.3, 0.4) is 0 Å². The number of ether oxygens (including phenoxy) is 3. The minimum atomic E-state index is -0.778. The van der Waals surface area contributed by atoms with E-state index in [2.05, 4.69) is 69.4 Å². The van der Waals surface area contributed by atoms with E-state index in [4.69, 9.17) is 14.2 Å². The van der Waals surface area contributed by atoms with E-state index in [0.29, 0.717) is 19.3 Å². The second-order valence-electron chi connectivity index (χ2n) is 19.2. The van der Waals surface area contributed by atoms with Crippen molar-refractivity contribution in [2.75, 3.05) is 13.2 Å². The van der Waals surface area contributed by atoms with Crippen LogP contribution < -0.4 is 0 Å². The molecule has 0 rings (SSSR count). The third-order valence-corrected chi connectivity index (χ3v) is 12.6. The maximum atomic E-state index is 12.8. The van der Waals surface area contributed by atoms with Gasteiger partial charge >= 0.3 is 17.9 Å². The Morgan fingerprint density at radius 3 is 0.864 bits per heavy atom. The van der Waals surface area contributed by atoms with E-state index in [9.17, 15) is 14.4 Å². The van der Waals surface area contributed by atoms with Crippen LogP contribution in [0.15, 0.2) is 48.6 Å². The zero-order valence-electron chi connectivity index (χ0n) is 44.0. The fourth-order valence-electron chi connectivity index (χ4n) is 8.21. The average molecular weight is 926 g/mol. The first kappa shape index (κ1) is 63.4. The van der Waals surface area contributed by atoms with Crippen LogP contribution in [0.1, 0.15) is 297 Å². The first-order valence-electron chi connectivity index (χ1n) is 28.6. The highest BCUT2D eigenvalue weighted by Gasteiger charge is 2.19. The van der Waals surface area contributed by atoms with Gasteiger partial charge in [0.1, 0.15) is 13.2 Å². The third kappa shape index (κ3) is 52.3. The predicted molar refractivity (Wildman–Crippen MR) is 284 cm³/mol. The van der Waals surface area contributed by atoms with Gasteiger partial charge in [0.25, 0.3) is 0 Å². The van der Waals surface area contributed by atoms with Crippen LogP contribution in [0.4, 0.5) is 0 Å². The van der Waals surface area contributed by atoms with Crippen molar-refractivity contribution in [1.82, 2.24) is 0 Å². The molecule has 6 nitrogen and oxygen atoms in total. The highest BCUT2D eigenvalue weighted by molar-refractivity contribution is 5.71. The van der Waals surface area contributed by atoms with Crippen LogP contribution in [0.5, 0.6) is 0 Å². The van der Waals surface area contributed by atoms with Crippen molar-refractivity contribution in [2.45, 2.75) is 303 Å². The van der Waals surface area contributed by atoms with Crippen molar-refractivity contribution < 1.29 is 28.6 Å². The highest BCUT2D eigenvalue weighted by Crippen LogP contribution is 2.15. The van der Waals surface area contributed by atoms with Crippen molar-refractivity contribution in [3.8, 4) is 0 Å². The summed E-state index contributed by atoms with van der Waals surface area (Å²) in [6, 6.07) is 0. The van der Waals surface area contributed by atoms with Gasteiger partial charge in [0.15, 0.2) is 6.10 Å². The Morgan fingerprint density at radius 1 is 0.303 bits per heavy atom. The zero-order valence-corrected chi connectivity index (χ0v) is 44.0. The first-order chi connectivity index (χ1) is 32.5. The summed E-state index contributed by atoms with van der Waals surface area (Å²) < 4.78 is 16.8. The van der Waals surface area contributed by atoms with Gasteiger partial charge in [0, 0.05) is 19.3 Å². The molecule has 0 aromatic heterocycles. The van der Waals surface area contributed by atoms with Gasteiger partial charge in [-0.25, -0.2) is 0 Å². The molecule has 0 saturated heterocycles. The largest absolute Gasteiger partial charge is 0.462 e. The van der Waals surface area contributed by atoms with E-state index in [1.807, 2.05) is 0 Å². The van der Waals surface area contributed by atoms with Crippen LogP contribution in [0.2, 0.25) is 0 Å². The van der Waals surface area contributed by atoms with E-state index in [1.54, 1.807) is 0 Å². The van der Waals surface area contributed by atoms with Crippen molar-refractivity contribution in [3.05, 3.63) is 48.6 Å². The molecule has 0 aromatic carbocycles.